The normalized spacial score (nSPS) is 18.8. The Morgan fingerprint density at radius 1 is 1.07 bits per heavy atom. The van der Waals surface area contributed by atoms with Gasteiger partial charge in [0.2, 0.25) is 5.95 Å². The van der Waals surface area contributed by atoms with Crippen molar-refractivity contribution in [1.29, 1.82) is 0 Å². The van der Waals surface area contributed by atoms with Crippen LogP contribution in [0.3, 0.4) is 0 Å². The number of hydrogen-bond acceptors (Lipinski definition) is 8. The lowest BCUT2D eigenvalue weighted by atomic mass is 9.72. The number of aryl methyl sites for hydroxylation is 1. The molecule has 5 rings (SSSR count). The summed E-state index contributed by atoms with van der Waals surface area (Å²) in [5.41, 5.74) is 2.31. The van der Waals surface area contributed by atoms with E-state index in [4.69, 9.17) is 4.42 Å². The highest BCUT2D eigenvalue weighted by atomic mass is 16.4. The number of phenols is 1. The van der Waals surface area contributed by atoms with Crippen molar-refractivity contribution in [2.75, 3.05) is 38.1 Å². The molecule has 0 radical (unpaired) electrons. The standard InChI is InChI=1S/C21H24N6O2/c1-14-22-11-19(29-14)15-3-4-16(18(28)9-15)17-10-23-20(25-24-17)27-12-21(13-27)5-7-26(2)8-6-21/h3-4,9-11,28H,5-8,12-13H2,1-2H3. The highest BCUT2D eigenvalue weighted by Gasteiger charge is 2.45. The fourth-order valence-electron chi connectivity index (χ4n) is 4.25. The summed E-state index contributed by atoms with van der Waals surface area (Å²) in [6.07, 6.45) is 5.78. The van der Waals surface area contributed by atoms with Crippen LogP contribution in [0.5, 0.6) is 5.75 Å². The van der Waals surface area contributed by atoms with Gasteiger partial charge >= 0.3 is 0 Å². The van der Waals surface area contributed by atoms with Crippen LogP contribution in [0.2, 0.25) is 0 Å². The highest BCUT2D eigenvalue weighted by molar-refractivity contribution is 5.71. The Morgan fingerprint density at radius 3 is 2.48 bits per heavy atom. The third kappa shape index (κ3) is 3.33. The van der Waals surface area contributed by atoms with Gasteiger partial charge in [-0.25, -0.2) is 9.97 Å². The minimum Gasteiger partial charge on any atom is -0.507 e. The van der Waals surface area contributed by atoms with Crippen molar-refractivity contribution in [3.05, 3.63) is 36.5 Å². The van der Waals surface area contributed by atoms with E-state index in [-0.39, 0.29) is 5.75 Å². The smallest absolute Gasteiger partial charge is 0.245 e. The number of nitrogens with zero attached hydrogens (tertiary/aromatic N) is 6. The zero-order valence-electron chi connectivity index (χ0n) is 16.7. The second-order valence-electron chi connectivity index (χ2n) is 8.28. The monoisotopic (exact) mass is 392 g/mol. The van der Waals surface area contributed by atoms with Crippen LogP contribution in [0.15, 0.2) is 35.0 Å². The molecule has 3 aromatic rings. The first kappa shape index (κ1) is 18.1. The second-order valence-corrected chi connectivity index (χ2v) is 8.28. The largest absolute Gasteiger partial charge is 0.507 e. The summed E-state index contributed by atoms with van der Waals surface area (Å²) in [6.45, 7) is 6.10. The molecule has 8 heteroatoms. The van der Waals surface area contributed by atoms with E-state index in [9.17, 15) is 5.11 Å². The van der Waals surface area contributed by atoms with E-state index in [0.29, 0.717) is 34.3 Å². The quantitative estimate of drug-likeness (QED) is 0.728. The molecule has 0 atom stereocenters. The van der Waals surface area contributed by atoms with Crippen molar-refractivity contribution in [3.63, 3.8) is 0 Å². The Bertz CT molecular complexity index is 1020. The lowest BCUT2D eigenvalue weighted by Crippen LogP contribution is -2.60. The molecule has 2 saturated heterocycles. The van der Waals surface area contributed by atoms with E-state index >= 15 is 0 Å². The van der Waals surface area contributed by atoms with Gasteiger partial charge in [0.05, 0.1) is 12.4 Å². The summed E-state index contributed by atoms with van der Waals surface area (Å²) in [7, 11) is 2.18. The Hall–Kier alpha value is -3.00. The maximum Gasteiger partial charge on any atom is 0.245 e. The summed E-state index contributed by atoms with van der Waals surface area (Å²) in [6, 6.07) is 5.30. The molecule has 2 fully saturated rings. The SMILES string of the molecule is Cc1ncc(-c2ccc(-c3cnc(N4CC5(CCN(C)CC5)C4)nn3)c(O)c2)o1. The minimum absolute atomic E-state index is 0.106. The Morgan fingerprint density at radius 2 is 1.86 bits per heavy atom. The first-order valence-electron chi connectivity index (χ1n) is 9.91. The van der Waals surface area contributed by atoms with Crippen LogP contribution in [0.25, 0.3) is 22.6 Å². The van der Waals surface area contributed by atoms with Crippen LogP contribution in [0.4, 0.5) is 5.95 Å². The number of oxazole rings is 1. The third-order valence-corrected chi connectivity index (χ3v) is 6.11. The van der Waals surface area contributed by atoms with E-state index in [0.717, 1.165) is 31.7 Å². The van der Waals surface area contributed by atoms with Crippen LogP contribution in [0.1, 0.15) is 18.7 Å². The summed E-state index contributed by atoms with van der Waals surface area (Å²) in [5.74, 6) is 1.97. The van der Waals surface area contributed by atoms with Crippen LogP contribution in [-0.2, 0) is 0 Å². The molecule has 0 amide bonds. The zero-order valence-corrected chi connectivity index (χ0v) is 16.7. The van der Waals surface area contributed by atoms with E-state index in [2.05, 4.69) is 37.0 Å². The molecule has 2 aliphatic heterocycles. The van der Waals surface area contributed by atoms with Gasteiger partial charge in [-0.2, -0.15) is 0 Å². The van der Waals surface area contributed by atoms with Gasteiger partial charge in [0.15, 0.2) is 11.7 Å². The molecular weight excluding hydrogens is 368 g/mol. The van der Waals surface area contributed by atoms with Crippen molar-refractivity contribution in [2.45, 2.75) is 19.8 Å². The first-order chi connectivity index (χ1) is 14.0. The average molecular weight is 392 g/mol. The van der Waals surface area contributed by atoms with Gasteiger partial charge in [0.1, 0.15) is 11.4 Å². The highest BCUT2D eigenvalue weighted by Crippen LogP contribution is 2.41. The van der Waals surface area contributed by atoms with Crippen LogP contribution < -0.4 is 4.90 Å². The molecule has 0 saturated carbocycles. The maximum atomic E-state index is 10.5. The van der Waals surface area contributed by atoms with Crippen molar-refractivity contribution < 1.29 is 9.52 Å². The topological polar surface area (TPSA) is 91.4 Å². The molecule has 1 aromatic carbocycles. The molecule has 2 aliphatic rings. The number of benzene rings is 1. The summed E-state index contributed by atoms with van der Waals surface area (Å²) in [5, 5.41) is 19.1. The number of anilines is 1. The van der Waals surface area contributed by atoms with Crippen molar-refractivity contribution >= 4 is 5.95 Å². The fourth-order valence-corrected chi connectivity index (χ4v) is 4.25. The first-order valence-corrected chi connectivity index (χ1v) is 9.91. The molecule has 4 heterocycles. The van der Waals surface area contributed by atoms with Crippen LogP contribution in [0, 0.1) is 12.3 Å². The second kappa shape index (κ2) is 6.81. The molecule has 2 aromatic heterocycles. The predicted octanol–water partition coefficient (Wildman–Crippen LogP) is 2.74. The summed E-state index contributed by atoms with van der Waals surface area (Å²) >= 11 is 0. The van der Waals surface area contributed by atoms with Gasteiger partial charge in [-0.3, -0.25) is 0 Å². The predicted molar refractivity (Wildman–Crippen MR) is 109 cm³/mol. The molecule has 8 nitrogen and oxygen atoms in total. The van der Waals surface area contributed by atoms with Crippen molar-refractivity contribution in [3.8, 4) is 28.3 Å². The van der Waals surface area contributed by atoms with Gasteiger partial charge in [-0.1, -0.05) is 6.07 Å². The van der Waals surface area contributed by atoms with E-state index in [1.54, 1.807) is 31.5 Å². The number of phenolic OH excluding ortho intramolecular Hbond substituents is 1. The number of likely N-dealkylation sites (tertiary alicyclic amines) is 1. The van der Waals surface area contributed by atoms with E-state index in [1.807, 2.05) is 6.07 Å². The van der Waals surface area contributed by atoms with Gasteiger partial charge in [-0.05, 0) is 45.1 Å². The Kier molecular flexibility index (Phi) is 4.24. The number of piperidine rings is 1. The van der Waals surface area contributed by atoms with Gasteiger partial charge in [0.25, 0.3) is 0 Å². The number of aromatic nitrogens is 4. The zero-order chi connectivity index (χ0) is 20.0. The van der Waals surface area contributed by atoms with E-state index < -0.39 is 0 Å². The maximum absolute atomic E-state index is 10.5. The van der Waals surface area contributed by atoms with Gasteiger partial charge in [0, 0.05) is 36.6 Å². The lowest BCUT2D eigenvalue weighted by Gasteiger charge is -2.53. The number of rotatable bonds is 3. The minimum atomic E-state index is 0.106. The lowest BCUT2D eigenvalue weighted by molar-refractivity contribution is 0.0893. The van der Waals surface area contributed by atoms with E-state index in [1.165, 1.54) is 12.8 Å². The van der Waals surface area contributed by atoms with Gasteiger partial charge < -0.3 is 19.3 Å². The summed E-state index contributed by atoms with van der Waals surface area (Å²) < 4.78 is 5.51. The number of hydrogen-bond donors (Lipinski definition) is 1. The van der Waals surface area contributed by atoms with Gasteiger partial charge in [-0.15, -0.1) is 10.2 Å². The van der Waals surface area contributed by atoms with Crippen molar-refractivity contribution in [2.24, 2.45) is 5.41 Å². The molecule has 0 aliphatic carbocycles. The Labute approximate surface area is 169 Å². The molecule has 0 bridgehead atoms. The average Bonchev–Trinajstić information content (AvgIpc) is 3.14. The fraction of sp³-hybridized carbons (Fsp3) is 0.429. The van der Waals surface area contributed by atoms with Crippen molar-refractivity contribution in [1.82, 2.24) is 25.1 Å². The molecule has 1 N–H and O–H groups in total. The summed E-state index contributed by atoms with van der Waals surface area (Å²) in [4.78, 5) is 13.2. The molecule has 1 spiro atoms. The molecule has 29 heavy (non-hydrogen) atoms. The Balaban J connectivity index is 1.30. The van der Waals surface area contributed by atoms with Crippen LogP contribution >= 0.6 is 0 Å². The molecule has 150 valence electrons. The number of aromatic hydroxyl groups is 1. The molecule has 0 unspecified atom stereocenters. The van der Waals surface area contributed by atoms with Crippen LogP contribution in [-0.4, -0.2) is 63.4 Å². The molecular formula is C21H24N6O2. The third-order valence-electron chi connectivity index (χ3n) is 6.11.